The van der Waals surface area contributed by atoms with Crippen LogP contribution < -0.4 is 10.1 Å². The maximum Gasteiger partial charge on any atom is 0.261 e. The summed E-state index contributed by atoms with van der Waals surface area (Å²) >= 11 is 12.5. The molecule has 1 unspecified atom stereocenters. The molecule has 5 nitrogen and oxygen atoms in total. The van der Waals surface area contributed by atoms with Gasteiger partial charge in [-0.05, 0) is 61.4 Å². The van der Waals surface area contributed by atoms with E-state index in [-0.39, 0.29) is 25.1 Å². The largest absolute Gasteiger partial charge is 0.484 e. The molecule has 3 aromatic rings. The molecule has 1 N–H and O–H groups in total. The van der Waals surface area contributed by atoms with Crippen LogP contribution in [0.1, 0.15) is 25.0 Å². The van der Waals surface area contributed by atoms with E-state index in [4.69, 9.17) is 27.9 Å². The van der Waals surface area contributed by atoms with Gasteiger partial charge in [-0.15, -0.1) is 0 Å². The number of hydrogen-bond donors (Lipinski definition) is 1. The van der Waals surface area contributed by atoms with Gasteiger partial charge >= 0.3 is 0 Å². The highest BCUT2D eigenvalue weighted by Gasteiger charge is 2.31. The average Bonchev–Trinajstić information content (AvgIpc) is 2.82. The van der Waals surface area contributed by atoms with Crippen molar-refractivity contribution in [1.82, 2.24) is 10.2 Å². The number of halogens is 3. The van der Waals surface area contributed by atoms with Crippen molar-refractivity contribution in [3.63, 3.8) is 0 Å². The molecule has 0 aromatic heterocycles. The van der Waals surface area contributed by atoms with Crippen molar-refractivity contribution in [2.75, 3.05) is 6.61 Å². The Balaban J connectivity index is 1.93. The van der Waals surface area contributed by atoms with Gasteiger partial charge in [-0.1, -0.05) is 59.6 Å². The molecule has 3 aromatic carbocycles. The van der Waals surface area contributed by atoms with Crippen LogP contribution in [0.25, 0.3) is 0 Å². The van der Waals surface area contributed by atoms with Gasteiger partial charge in [-0.25, -0.2) is 4.39 Å². The Morgan fingerprint density at radius 3 is 2.31 bits per heavy atom. The first-order chi connectivity index (χ1) is 16.7. The highest BCUT2D eigenvalue weighted by atomic mass is 35.5. The Bertz CT molecular complexity index is 1140. The number of hydrogen-bond acceptors (Lipinski definition) is 3. The first-order valence-electron chi connectivity index (χ1n) is 11.2. The molecular formula is C27H27Cl2FN2O3. The lowest BCUT2D eigenvalue weighted by atomic mass is 10.0. The van der Waals surface area contributed by atoms with Crippen molar-refractivity contribution < 1.29 is 18.7 Å². The van der Waals surface area contributed by atoms with Crippen LogP contribution in [-0.2, 0) is 22.6 Å². The molecule has 3 rings (SSSR count). The number of nitrogens with zero attached hydrogens (tertiary/aromatic N) is 1. The number of carbonyl (C=O) groups is 2. The molecule has 0 heterocycles. The van der Waals surface area contributed by atoms with Crippen LogP contribution in [0.15, 0.2) is 72.8 Å². The topological polar surface area (TPSA) is 58.6 Å². The summed E-state index contributed by atoms with van der Waals surface area (Å²) in [6.45, 7) is 3.45. The minimum atomic E-state index is -0.823. The van der Waals surface area contributed by atoms with E-state index in [1.165, 1.54) is 29.2 Å². The van der Waals surface area contributed by atoms with E-state index in [0.717, 1.165) is 5.56 Å². The average molecular weight is 517 g/mol. The van der Waals surface area contributed by atoms with E-state index in [9.17, 15) is 14.0 Å². The maximum atomic E-state index is 13.5. The van der Waals surface area contributed by atoms with Crippen LogP contribution in [0.4, 0.5) is 4.39 Å². The molecule has 1 atom stereocenters. The van der Waals surface area contributed by atoms with Gasteiger partial charge in [0.25, 0.3) is 5.91 Å². The van der Waals surface area contributed by atoms with Crippen molar-refractivity contribution in [2.24, 2.45) is 0 Å². The molecule has 35 heavy (non-hydrogen) atoms. The molecular weight excluding hydrogens is 490 g/mol. The molecule has 0 aliphatic carbocycles. The van der Waals surface area contributed by atoms with Gasteiger partial charge in [0.2, 0.25) is 5.91 Å². The van der Waals surface area contributed by atoms with Crippen LogP contribution in [0.5, 0.6) is 5.75 Å². The molecule has 0 aliphatic rings. The lowest BCUT2D eigenvalue weighted by Gasteiger charge is -2.32. The van der Waals surface area contributed by atoms with Crippen LogP contribution in [-0.4, -0.2) is 35.4 Å². The zero-order chi connectivity index (χ0) is 25.4. The zero-order valence-electron chi connectivity index (χ0n) is 19.5. The number of ether oxygens (including phenoxy) is 1. The van der Waals surface area contributed by atoms with Crippen LogP contribution >= 0.6 is 23.2 Å². The van der Waals surface area contributed by atoms with Crippen LogP contribution in [0, 0.1) is 5.82 Å². The van der Waals surface area contributed by atoms with E-state index < -0.39 is 17.8 Å². The minimum Gasteiger partial charge on any atom is -0.484 e. The fourth-order valence-corrected chi connectivity index (χ4v) is 4.00. The van der Waals surface area contributed by atoms with Crippen molar-refractivity contribution >= 4 is 35.0 Å². The predicted molar refractivity (Wildman–Crippen MR) is 136 cm³/mol. The number of amides is 2. The number of rotatable bonds is 10. The van der Waals surface area contributed by atoms with Crippen molar-refractivity contribution in [1.29, 1.82) is 0 Å². The number of nitrogens with one attached hydrogen (secondary N) is 1. The number of benzene rings is 3. The molecule has 0 aliphatic heterocycles. The SMILES string of the molecule is CC(C)NC(=O)C(Cc1ccccc1)N(Cc1ccc(Cl)cc1Cl)C(=O)COc1ccc(F)cc1. The summed E-state index contributed by atoms with van der Waals surface area (Å²) in [6, 6.07) is 18.9. The summed E-state index contributed by atoms with van der Waals surface area (Å²) in [7, 11) is 0. The quantitative estimate of drug-likeness (QED) is 0.377. The molecule has 184 valence electrons. The zero-order valence-corrected chi connectivity index (χ0v) is 21.0. The Hall–Kier alpha value is -3.09. The van der Waals surface area contributed by atoms with Gasteiger partial charge in [0.05, 0.1) is 0 Å². The van der Waals surface area contributed by atoms with Crippen LogP contribution in [0.2, 0.25) is 10.0 Å². The third kappa shape index (κ3) is 7.98. The molecule has 0 saturated heterocycles. The van der Waals surface area contributed by atoms with E-state index in [1.807, 2.05) is 44.2 Å². The summed E-state index contributed by atoms with van der Waals surface area (Å²) in [5.41, 5.74) is 1.54. The van der Waals surface area contributed by atoms with E-state index in [2.05, 4.69) is 5.32 Å². The molecule has 0 fully saturated rings. The molecule has 0 radical (unpaired) electrons. The maximum absolute atomic E-state index is 13.5. The van der Waals surface area contributed by atoms with Crippen molar-refractivity contribution in [2.45, 2.75) is 38.9 Å². The third-order valence-electron chi connectivity index (χ3n) is 5.23. The monoisotopic (exact) mass is 516 g/mol. The smallest absolute Gasteiger partial charge is 0.261 e. The summed E-state index contributed by atoms with van der Waals surface area (Å²) in [5.74, 6) is -0.768. The molecule has 0 spiro atoms. The second-order valence-corrected chi connectivity index (χ2v) is 9.21. The molecule has 2 amide bonds. The van der Waals surface area contributed by atoms with Crippen molar-refractivity contribution in [3.8, 4) is 5.75 Å². The highest BCUT2D eigenvalue weighted by Crippen LogP contribution is 2.24. The molecule has 0 saturated carbocycles. The standard InChI is InChI=1S/C27H27Cl2FN2O3/c1-18(2)31-27(34)25(14-19-6-4-3-5-7-19)32(16-20-8-9-21(28)15-24(20)29)26(33)17-35-23-12-10-22(30)11-13-23/h3-13,15,18,25H,14,16-17H2,1-2H3,(H,31,34). The number of carbonyl (C=O) groups excluding carboxylic acids is 2. The second-order valence-electron chi connectivity index (χ2n) is 8.37. The highest BCUT2D eigenvalue weighted by molar-refractivity contribution is 6.35. The first-order valence-corrected chi connectivity index (χ1v) is 11.9. The van der Waals surface area contributed by atoms with Gasteiger partial charge in [-0.3, -0.25) is 9.59 Å². The summed E-state index contributed by atoms with van der Waals surface area (Å²) in [4.78, 5) is 28.2. The fourth-order valence-electron chi connectivity index (χ4n) is 3.53. The lowest BCUT2D eigenvalue weighted by Crippen LogP contribution is -2.52. The van der Waals surface area contributed by atoms with Crippen LogP contribution in [0.3, 0.4) is 0 Å². The second kappa shape index (κ2) is 12.6. The van der Waals surface area contributed by atoms with Gasteiger partial charge in [0.1, 0.15) is 17.6 Å². The fraction of sp³-hybridized carbons (Fsp3) is 0.259. The van der Waals surface area contributed by atoms with E-state index in [0.29, 0.717) is 27.8 Å². The normalized spacial score (nSPS) is 11.7. The Labute approximate surface area is 214 Å². The summed E-state index contributed by atoms with van der Waals surface area (Å²) < 4.78 is 18.8. The third-order valence-corrected chi connectivity index (χ3v) is 5.82. The van der Waals surface area contributed by atoms with Crippen molar-refractivity contribution in [3.05, 3.63) is 99.8 Å². The Morgan fingerprint density at radius 1 is 1.00 bits per heavy atom. The molecule has 0 bridgehead atoms. The Morgan fingerprint density at radius 2 is 1.69 bits per heavy atom. The lowest BCUT2D eigenvalue weighted by molar-refractivity contribution is -0.143. The summed E-state index contributed by atoms with van der Waals surface area (Å²) in [6.07, 6.45) is 0.299. The molecule has 8 heteroatoms. The van der Waals surface area contributed by atoms with E-state index >= 15 is 0 Å². The van der Waals surface area contributed by atoms with E-state index in [1.54, 1.807) is 18.2 Å². The van der Waals surface area contributed by atoms with Gasteiger partial charge < -0.3 is 15.0 Å². The van der Waals surface area contributed by atoms with Gasteiger partial charge in [-0.2, -0.15) is 0 Å². The predicted octanol–water partition coefficient (Wildman–Crippen LogP) is 5.68. The first kappa shape index (κ1) is 26.5. The Kier molecular flexibility index (Phi) is 9.52. The minimum absolute atomic E-state index is 0.0740. The van der Waals surface area contributed by atoms with Gasteiger partial charge in [0, 0.05) is 29.1 Å². The summed E-state index contributed by atoms with van der Waals surface area (Å²) in [5, 5.41) is 3.77. The van der Waals surface area contributed by atoms with Gasteiger partial charge in [0.15, 0.2) is 6.61 Å².